The van der Waals surface area contributed by atoms with Gasteiger partial charge in [-0.2, -0.15) is 0 Å². The van der Waals surface area contributed by atoms with Gasteiger partial charge in [-0.15, -0.1) is 0 Å². The summed E-state index contributed by atoms with van der Waals surface area (Å²) >= 11 is 0. The van der Waals surface area contributed by atoms with E-state index in [1.807, 2.05) is 6.07 Å². The Bertz CT molecular complexity index is 2310. The van der Waals surface area contributed by atoms with E-state index in [0.717, 1.165) is 12.8 Å². The fourth-order valence-corrected chi connectivity index (χ4v) is 7.72. The summed E-state index contributed by atoms with van der Waals surface area (Å²) in [5.74, 6) is -1.09. The lowest BCUT2D eigenvalue weighted by atomic mass is 9.89. The van der Waals surface area contributed by atoms with Gasteiger partial charge in [-0.25, -0.2) is 28.3 Å². The van der Waals surface area contributed by atoms with Gasteiger partial charge in [0.15, 0.2) is 5.78 Å². The Labute approximate surface area is 339 Å². The summed E-state index contributed by atoms with van der Waals surface area (Å²) in [4.78, 5) is 68.5. The van der Waals surface area contributed by atoms with Crippen LogP contribution in [0, 0.1) is 23.5 Å². The van der Waals surface area contributed by atoms with E-state index >= 15 is 8.78 Å². The van der Waals surface area contributed by atoms with Gasteiger partial charge in [-0.05, 0) is 85.5 Å². The summed E-state index contributed by atoms with van der Waals surface area (Å²) in [7, 11) is 2.48. The van der Waals surface area contributed by atoms with E-state index in [4.69, 9.17) is 15.2 Å². The zero-order valence-electron chi connectivity index (χ0n) is 32.7. The van der Waals surface area contributed by atoms with Gasteiger partial charge in [0.2, 0.25) is 0 Å². The highest BCUT2D eigenvalue weighted by Gasteiger charge is 2.40. The minimum atomic E-state index is -0.973. The highest BCUT2D eigenvalue weighted by atomic mass is 19.1. The normalized spacial score (nSPS) is 16.6. The van der Waals surface area contributed by atoms with Crippen LogP contribution < -0.4 is 16.4 Å². The van der Waals surface area contributed by atoms with Crippen LogP contribution in [-0.4, -0.2) is 82.1 Å². The second-order valence-corrected chi connectivity index (χ2v) is 14.8. The van der Waals surface area contributed by atoms with E-state index in [1.54, 1.807) is 59.6 Å². The van der Waals surface area contributed by atoms with Crippen LogP contribution in [0.2, 0.25) is 0 Å². The van der Waals surface area contributed by atoms with Crippen molar-refractivity contribution in [2.75, 3.05) is 27.3 Å². The molecule has 308 valence electrons. The van der Waals surface area contributed by atoms with E-state index in [-0.39, 0.29) is 41.7 Å². The van der Waals surface area contributed by atoms with E-state index < -0.39 is 47.9 Å². The number of H-pyrrole nitrogens is 2. The molecule has 7 rings (SSSR count). The molecule has 6 N–H and O–H groups in total. The number of carbonyl (C=O) groups excluding carboxylic acids is 4. The standard InChI is InChI=1S/C43H46F2N8O6/c1-58-42(56)51-37(25-10-11-25)39(54)28(16-17-46)21-36-47-22-33(49-36)29-14-12-26(19-31(29)44)27-13-15-30(32(45)20-27)34-23-48-40(50-34)35-9-6-18-53(35)41(55)38(52-43(57)59-2)24-7-4-3-5-8-24/h3-5,7-8,12-15,19-20,22-23,25,28,35,37-38H,6,9-11,16-18,21,46H2,1-2H3,(H,47,49)(H,48,50)(H,51,56)(H,52,57)/t28?,35-,37-,38+/m0/s1. The molecular formula is C43H46F2N8O6. The van der Waals surface area contributed by atoms with E-state index in [2.05, 4.69) is 30.6 Å². The lowest BCUT2D eigenvalue weighted by Gasteiger charge is -2.28. The van der Waals surface area contributed by atoms with Gasteiger partial charge in [-0.3, -0.25) is 9.59 Å². The maximum absolute atomic E-state index is 15.8. The van der Waals surface area contributed by atoms with E-state index in [0.29, 0.717) is 65.5 Å². The van der Waals surface area contributed by atoms with Gasteiger partial charge in [0.1, 0.15) is 29.3 Å². The summed E-state index contributed by atoms with van der Waals surface area (Å²) in [5, 5.41) is 5.31. The molecule has 1 saturated carbocycles. The third kappa shape index (κ3) is 9.17. The number of amides is 3. The molecular weight excluding hydrogens is 763 g/mol. The topological polar surface area (TPSA) is 197 Å². The van der Waals surface area contributed by atoms with Crippen LogP contribution in [-0.2, 0) is 25.5 Å². The molecule has 16 heteroatoms. The van der Waals surface area contributed by atoms with Gasteiger partial charge in [0, 0.05) is 36.2 Å². The lowest BCUT2D eigenvalue weighted by Crippen LogP contribution is -2.46. The minimum absolute atomic E-state index is 0.0513. The number of nitrogens with one attached hydrogen (secondary N) is 4. The van der Waals surface area contributed by atoms with E-state index in [9.17, 15) is 19.2 Å². The minimum Gasteiger partial charge on any atom is -0.453 e. The molecule has 1 aliphatic heterocycles. The first-order chi connectivity index (χ1) is 28.6. The fourth-order valence-electron chi connectivity index (χ4n) is 7.72. The predicted molar refractivity (Wildman–Crippen MR) is 213 cm³/mol. The van der Waals surface area contributed by atoms with Crippen molar-refractivity contribution in [2.24, 2.45) is 17.6 Å². The molecule has 3 heterocycles. The summed E-state index contributed by atoms with van der Waals surface area (Å²) in [6.07, 6.45) is 5.28. The van der Waals surface area contributed by atoms with Crippen LogP contribution in [0.15, 0.2) is 79.1 Å². The monoisotopic (exact) mass is 808 g/mol. The SMILES string of the molecule is COC(=O)N[C@H](C(=O)C(CCN)Cc1nc(-c2ccc(-c3ccc(-c4cnc([C@@H]5CCCN5C(=O)[C@H](NC(=O)OC)c5ccccc5)[nH]4)c(F)c3)cc2F)c[nH]1)C1CC1. The second-order valence-electron chi connectivity index (χ2n) is 14.8. The highest BCUT2D eigenvalue weighted by Crippen LogP contribution is 2.37. The molecule has 3 amide bonds. The highest BCUT2D eigenvalue weighted by molar-refractivity contribution is 5.90. The quantitative estimate of drug-likeness (QED) is 0.0797. The zero-order chi connectivity index (χ0) is 41.6. The van der Waals surface area contributed by atoms with Crippen molar-refractivity contribution in [2.45, 2.75) is 56.7 Å². The number of hydrogen-bond donors (Lipinski definition) is 5. The number of nitrogens with zero attached hydrogens (tertiary/aromatic N) is 3. The molecule has 1 unspecified atom stereocenters. The van der Waals surface area contributed by atoms with Crippen LogP contribution in [0.4, 0.5) is 18.4 Å². The Hall–Kier alpha value is -6.42. The number of Topliss-reactive ketones (excluding diaryl/α,β-unsaturated/α-hetero) is 1. The fraction of sp³-hybridized carbons (Fsp3) is 0.349. The number of ketones is 1. The lowest BCUT2D eigenvalue weighted by molar-refractivity contribution is -0.134. The molecule has 59 heavy (non-hydrogen) atoms. The number of aromatic amines is 2. The summed E-state index contributed by atoms with van der Waals surface area (Å²) < 4.78 is 40.9. The molecule has 1 saturated heterocycles. The number of rotatable bonds is 15. The van der Waals surface area contributed by atoms with Crippen LogP contribution in [0.1, 0.15) is 61.4 Å². The van der Waals surface area contributed by atoms with E-state index in [1.165, 1.54) is 32.5 Å². The first-order valence-corrected chi connectivity index (χ1v) is 19.6. The van der Waals surface area contributed by atoms with Crippen LogP contribution in [0.25, 0.3) is 33.6 Å². The number of aromatic nitrogens is 4. The molecule has 0 radical (unpaired) electrons. The average molecular weight is 809 g/mol. The summed E-state index contributed by atoms with van der Waals surface area (Å²) in [5.41, 5.74) is 8.56. The van der Waals surface area contributed by atoms with Gasteiger partial charge in [0.25, 0.3) is 5.91 Å². The van der Waals surface area contributed by atoms with Gasteiger partial charge < -0.3 is 40.7 Å². The van der Waals surface area contributed by atoms with Crippen LogP contribution >= 0.6 is 0 Å². The van der Waals surface area contributed by atoms with Gasteiger partial charge in [-0.1, -0.05) is 42.5 Å². The smallest absolute Gasteiger partial charge is 0.407 e. The number of methoxy groups -OCH3 is 2. The molecule has 0 bridgehead atoms. The molecule has 3 aromatic carbocycles. The number of likely N-dealkylation sites (tertiary alicyclic amines) is 1. The number of imidazole rings is 2. The third-order valence-corrected chi connectivity index (χ3v) is 11.0. The molecule has 2 aliphatic rings. The van der Waals surface area contributed by atoms with Crippen molar-refractivity contribution in [1.29, 1.82) is 0 Å². The zero-order valence-corrected chi connectivity index (χ0v) is 32.7. The maximum atomic E-state index is 15.8. The largest absolute Gasteiger partial charge is 0.453 e. The number of alkyl carbamates (subject to hydrolysis) is 2. The third-order valence-electron chi connectivity index (χ3n) is 11.0. The average Bonchev–Trinajstić information content (AvgIpc) is 3.56. The maximum Gasteiger partial charge on any atom is 0.407 e. The van der Waals surface area contributed by atoms with Crippen LogP contribution in [0.3, 0.4) is 0 Å². The molecule has 1 aliphatic carbocycles. The van der Waals surface area contributed by atoms with Crippen molar-refractivity contribution in [1.82, 2.24) is 35.5 Å². The number of hydrogen-bond acceptors (Lipinski definition) is 9. The number of nitrogens with two attached hydrogens (primary N) is 1. The Kier molecular flexibility index (Phi) is 12.4. The van der Waals surface area contributed by atoms with Crippen molar-refractivity contribution < 1.29 is 37.4 Å². The Morgan fingerprint density at radius 1 is 0.915 bits per heavy atom. The van der Waals surface area contributed by atoms with Crippen molar-refractivity contribution >= 4 is 23.9 Å². The van der Waals surface area contributed by atoms with Crippen LogP contribution in [0.5, 0.6) is 0 Å². The van der Waals surface area contributed by atoms with Crippen molar-refractivity contribution in [3.63, 3.8) is 0 Å². The molecule has 2 fully saturated rings. The first-order valence-electron chi connectivity index (χ1n) is 19.6. The predicted octanol–water partition coefficient (Wildman–Crippen LogP) is 6.38. The van der Waals surface area contributed by atoms with Gasteiger partial charge in [0.05, 0.1) is 43.9 Å². The number of carbonyl (C=O) groups is 4. The molecule has 4 atom stereocenters. The molecule has 14 nitrogen and oxygen atoms in total. The van der Waals surface area contributed by atoms with Gasteiger partial charge >= 0.3 is 12.2 Å². The Balaban J connectivity index is 1.04. The number of ether oxygens (including phenoxy) is 2. The first kappa shape index (κ1) is 40.8. The Morgan fingerprint density at radius 3 is 2.24 bits per heavy atom. The Morgan fingerprint density at radius 2 is 1.59 bits per heavy atom. The summed E-state index contributed by atoms with van der Waals surface area (Å²) in [6, 6.07) is 16.0. The van der Waals surface area contributed by atoms with Crippen molar-refractivity contribution in [3.8, 4) is 33.6 Å². The molecule has 5 aromatic rings. The molecule has 0 spiro atoms. The number of benzene rings is 3. The second kappa shape index (κ2) is 18.0. The number of halogens is 2. The van der Waals surface area contributed by atoms with Crippen molar-refractivity contribution in [3.05, 3.63) is 108 Å². The summed E-state index contributed by atoms with van der Waals surface area (Å²) in [6.45, 7) is 0.705. The molecule has 2 aromatic heterocycles.